The van der Waals surface area contributed by atoms with Crippen LogP contribution in [0.25, 0.3) is 0 Å². The van der Waals surface area contributed by atoms with Gasteiger partial charge in [-0.05, 0) is 31.7 Å². The third-order valence-corrected chi connectivity index (χ3v) is 3.91. The van der Waals surface area contributed by atoms with Gasteiger partial charge in [-0.2, -0.15) is 5.10 Å². The molecule has 2 aromatic heterocycles. The summed E-state index contributed by atoms with van der Waals surface area (Å²) in [4.78, 5) is 13.4. The number of hydrogen-bond donors (Lipinski definition) is 1. The number of nitrogens with one attached hydrogen (secondary N) is 1. The minimum Gasteiger partial charge on any atom is -0.352 e. The summed E-state index contributed by atoms with van der Waals surface area (Å²) in [7, 11) is 1.85. The summed E-state index contributed by atoms with van der Waals surface area (Å²) in [5.41, 5.74) is 2.38. The van der Waals surface area contributed by atoms with E-state index in [1.54, 1.807) is 16.0 Å². The molecule has 1 N–H and O–H groups in total. The molecule has 1 amide bonds. The quantitative estimate of drug-likeness (QED) is 0.918. The molecule has 0 radical (unpaired) electrons. The fourth-order valence-electron chi connectivity index (χ4n) is 1.94. The zero-order valence-corrected chi connectivity index (χ0v) is 11.7. The number of rotatable bonds is 4. The highest BCUT2D eigenvalue weighted by Crippen LogP contribution is 2.12. The van der Waals surface area contributed by atoms with E-state index in [0.717, 1.165) is 17.8 Å². The predicted molar refractivity (Wildman–Crippen MR) is 73.0 cm³/mol. The van der Waals surface area contributed by atoms with Gasteiger partial charge in [0.25, 0.3) is 5.91 Å². The highest BCUT2D eigenvalue weighted by atomic mass is 32.1. The van der Waals surface area contributed by atoms with Gasteiger partial charge in [0.15, 0.2) is 0 Å². The lowest BCUT2D eigenvalue weighted by atomic mass is 10.2. The number of nitrogens with zero attached hydrogens (tertiary/aromatic N) is 2. The third-order valence-electron chi connectivity index (χ3n) is 2.97. The van der Waals surface area contributed by atoms with E-state index in [1.165, 1.54) is 4.88 Å². The van der Waals surface area contributed by atoms with Crippen molar-refractivity contribution < 1.29 is 4.79 Å². The van der Waals surface area contributed by atoms with Crippen molar-refractivity contribution in [3.8, 4) is 0 Å². The second-order valence-electron chi connectivity index (χ2n) is 4.25. The first kappa shape index (κ1) is 12.8. The standard InChI is InChI=1S/C13H17N3OS/c1-9-12(10(2)16(3)15-9)13(17)14-7-6-11-5-4-8-18-11/h4-5,8H,6-7H2,1-3H3,(H,14,17). The molecular weight excluding hydrogens is 246 g/mol. The van der Waals surface area contributed by atoms with Gasteiger partial charge in [-0.25, -0.2) is 0 Å². The van der Waals surface area contributed by atoms with Gasteiger partial charge < -0.3 is 5.32 Å². The largest absolute Gasteiger partial charge is 0.352 e. The molecule has 5 heteroatoms. The van der Waals surface area contributed by atoms with Crippen LogP contribution < -0.4 is 5.32 Å². The van der Waals surface area contributed by atoms with Crippen LogP contribution in [0.3, 0.4) is 0 Å². The van der Waals surface area contributed by atoms with E-state index in [0.29, 0.717) is 12.1 Å². The molecule has 0 bridgehead atoms. The molecule has 96 valence electrons. The van der Waals surface area contributed by atoms with Crippen LogP contribution in [0, 0.1) is 13.8 Å². The van der Waals surface area contributed by atoms with Crippen LogP contribution in [0.4, 0.5) is 0 Å². The Morgan fingerprint density at radius 3 is 2.83 bits per heavy atom. The summed E-state index contributed by atoms with van der Waals surface area (Å²) in [6, 6.07) is 4.11. The number of thiophene rings is 1. The van der Waals surface area contributed by atoms with Crippen LogP contribution in [0.15, 0.2) is 17.5 Å². The maximum atomic E-state index is 12.1. The number of amides is 1. The average molecular weight is 263 g/mol. The van der Waals surface area contributed by atoms with E-state index in [4.69, 9.17) is 0 Å². The van der Waals surface area contributed by atoms with E-state index in [1.807, 2.05) is 32.3 Å². The summed E-state index contributed by atoms with van der Waals surface area (Å²) in [6.07, 6.45) is 0.877. The Bertz CT molecular complexity index is 543. The van der Waals surface area contributed by atoms with Gasteiger partial charge in [-0.1, -0.05) is 6.07 Å². The fourth-order valence-corrected chi connectivity index (χ4v) is 2.65. The van der Waals surface area contributed by atoms with Crippen molar-refractivity contribution in [1.29, 1.82) is 0 Å². The SMILES string of the molecule is Cc1nn(C)c(C)c1C(=O)NCCc1cccs1. The molecule has 0 saturated heterocycles. The highest BCUT2D eigenvalue weighted by Gasteiger charge is 2.16. The fraction of sp³-hybridized carbons (Fsp3) is 0.385. The smallest absolute Gasteiger partial charge is 0.255 e. The Labute approximate surface area is 111 Å². The van der Waals surface area contributed by atoms with Gasteiger partial charge >= 0.3 is 0 Å². The zero-order valence-electron chi connectivity index (χ0n) is 10.9. The van der Waals surface area contributed by atoms with Crippen LogP contribution in [-0.4, -0.2) is 22.2 Å². The van der Waals surface area contributed by atoms with Crippen LogP contribution in [-0.2, 0) is 13.5 Å². The molecule has 0 aliphatic heterocycles. The summed E-state index contributed by atoms with van der Waals surface area (Å²) >= 11 is 1.71. The second kappa shape index (κ2) is 5.35. The Balaban J connectivity index is 1.95. The van der Waals surface area contributed by atoms with Crippen molar-refractivity contribution in [2.24, 2.45) is 7.05 Å². The molecule has 4 nitrogen and oxygen atoms in total. The average Bonchev–Trinajstić information content (AvgIpc) is 2.89. The molecule has 0 atom stereocenters. The monoisotopic (exact) mass is 263 g/mol. The van der Waals surface area contributed by atoms with Gasteiger partial charge in [-0.15, -0.1) is 11.3 Å². The van der Waals surface area contributed by atoms with E-state index in [9.17, 15) is 4.79 Å². The lowest BCUT2D eigenvalue weighted by molar-refractivity contribution is 0.0953. The number of aromatic nitrogens is 2. The van der Waals surface area contributed by atoms with Gasteiger partial charge in [-0.3, -0.25) is 9.48 Å². The lowest BCUT2D eigenvalue weighted by Gasteiger charge is -2.04. The minimum atomic E-state index is -0.0327. The maximum Gasteiger partial charge on any atom is 0.255 e. The van der Waals surface area contributed by atoms with E-state index in [-0.39, 0.29) is 5.91 Å². The third kappa shape index (κ3) is 2.61. The maximum absolute atomic E-state index is 12.1. The van der Waals surface area contributed by atoms with E-state index < -0.39 is 0 Å². The first-order valence-electron chi connectivity index (χ1n) is 5.90. The number of hydrogen-bond acceptors (Lipinski definition) is 3. The number of carbonyl (C=O) groups excluding carboxylic acids is 1. The van der Waals surface area contributed by atoms with E-state index >= 15 is 0 Å². The Kier molecular flexibility index (Phi) is 3.81. The lowest BCUT2D eigenvalue weighted by Crippen LogP contribution is -2.26. The number of aryl methyl sites for hydroxylation is 2. The molecule has 0 spiro atoms. The van der Waals surface area contributed by atoms with Gasteiger partial charge in [0.2, 0.25) is 0 Å². The van der Waals surface area contributed by atoms with Crippen molar-refractivity contribution in [2.45, 2.75) is 20.3 Å². The van der Waals surface area contributed by atoms with Crippen molar-refractivity contribution in [3.05, 3.63) is 39.3 Å². The molecule has 2 aromatic rings. The molecule has 18 heavy (non-hydrogen) atoms. The predicted octanol–water partition coefficient (Wildman–Crippen LogP) is 2.07. The molecular formula is C13H17N3OS. The highest BCUT2D eigenvalue weighted by molar-refractivity contribution is 7.09. The summed E-state index contributed by atoms with van der Waals surface area (Å²) in [6.45, 7) is 4.43. The molecule has 0 saturated carbocycles. The van der Waals surface area contributed by atoms with Crippen molar-refractivity contribution in [1.82, 2.24) is 15.1 Å². The molecule has 0 aliphatic carbocycles. The molecule has 0 unspecified atom stereocenters. The van der Waals surface area contributed by atoms with Crippen LogP contribution in [0.2, 0.25) is 0 Å². The summed E-state index contributed by atoms with van der Waals surface area (Å²) < 4.78 is 1.74. The van der Waals surface area contributed by atoms with Crippen molar-refractivity contribution in [3.63, 3.8) is 0 Å². The number of carbonyl (C=O) groups is 1. The second-order valence-corrected chi connectivity index (χ2v) is 5.29. The molecule has 2 heterocycles. The molecule has 0 aromatic carbocycles. The van der Waals surface area contributed by atoms with Crippen LogP contribution in [0.1, 0.15) is 26.6 Å². The topological polar surface area (TPSA) is 46.9 Å². The Morgan fingerprint density at radius 2 is 2.28 bits per heavy atom. The summed E-state index contributed by atoms with van der Waals surface area (Å²) in [5.74, 6) is -0.0327. The Hall–Kier alpha value is -1.62. The van der Waals surface area contributed by atoms with E-state index in [2.05, 4.69) is 16.5 Å². The van der Waals surface area contributed by atoms with Gasteiger partial charge in [0.1, 0.15) is 0 Å². The van der Waals surface area contributed by atoms with Gasteiger partial charge in [0, 0.05) is 24.2 Å². The van der Waals surface area contributed by atoms with Crippen molar-refractivity contribution in [2.75, 3.05) is 6.54 Å². The first-order chi connectivity index (χ1) is 8.59. The molecule has 0 aliphatic rings. The van der Waals surface area contributed by atoms with Crippen LogP contribution >= 0.6 is 11.3 Å². The molecule has 2 rings (SSSR count). The normalized spacial score (nSPS) is 10.6. The minimum absolute atomic E-state index is 0.0327. The summed E-state index contributed by atoms with van der Waals surface area (Å²) in [5, 5.41) is 9.24. The first-order valence-corrected chi connectivity index (χ1v) is 6.78. The van der Waals surface area contributed by atoms with Crippen LogP contribution in [0.5, 0.6) is 0 Å². The molecule has 0 fully saturated rings. The zero-order chi connectivity index (χ0) is 13.1. The Morgan fingerprint density at radius 1 is 1.50 bits per heavy atom. The van der Waals surface area contributed by atoms with Crippen molar-refractivity contribution >= 4 is 17.2 Å². The van der Waals surface area contributed by atoms with Gasteiger partial charge in [0.05, 0.1) is 11.3 Å².